The number of aromatic amines is 1. The molecule has 1 saturated heterocycles. The van der Waals surface area contributed by atoms with Gasteiger partial charge in [-0.2, -0.15) is 0 Å². The third kappa shape index (κ3) is 5.61. The van der Waals surface area contributed by atoms with Crippen LogP contribution < -0.4 is 25.0 Å². The number of nitrogens with zero attached hydrogens (tertiary/aromatic N) is 1. The van der Waals surface area contributed by atoms with Gasteiger partial charge in [0.05, 0.1) is 21.5 Å². The van der Waals surface area contributed by atoms with Gasteiger partial charge >= 0.3 is 4.87 Å². The largest absolute Gasteiger partial charge is 0.484 e. The molecule has 1 fully saturated rings. The van der Waals surface area contributed by atoms with E-state index in [-0.39, 0.29) is 28.2 Å². The number of anilines is 2. The third-order valence-electron chi connectivity index (χ3n) is 7.19. The number of rotatable bonds is 7. The molecule has 2 aliphatic heterocycles. The summed E-state index contributed by atoms with van der Waals surface area (Å²) in [5, 5.41) is 7.59. The molecule has 0 spiro atoms. The Balaban J connectivity index is 1.20. The number of carbonyl (C=O) groups excluding carboxylic acids is 3. The number of fused-ring (bicyclic) bond motifs is 2. The molecule has 1 aromatic heterocycles. The number of carbonyl (C=O) groups is 3. The molecule has 0 radical (unpaired) electrons. The minimum Gasteiger partial charge on any atom is -0.484 e. The van der Waals surface area contributed by atoms with E-state index in [1.807, 2.05) is 19.1 Å². The van der Waals surface area contributed by atoms with Crippen LogP contribution in [0.3, 0.4) is 0 Å². The number of nitrogens with one attached hydrogen (secondary N) is 2. The number of aromatic nitrogens is 1. The van der Waals surface area contributed by atoms with Crippen LogP contribution in [-0.2, 0) is 24.4 Å². The van der Waals surface area contributed by atoms with Gasteiger partial charge in [-0.3, -0.25) is 19.2 Å². The van der Waals surface area contributed by atoms with Crippen molar-refractivity contribution < 1.29 is 27.5 Å². The molecular weight excluding hydrogens is 613 g/mol. The van der Waals surface area contributed by atoms with Gasteiger partial charge in [0.25, 0.3) is 5.91 Å². The number of nitrogens with two attached hydrogens (primary N) is 1. The van der Waals surface area contributed by atoms with Gasteiger partial charge in [-0.05, 0) is 61.0 Å². The highest BCUT2D eigenvalue weighted by atomic mass is 32.2. The first-order valence-electron chi connectivity index (χ1n) is 13.0. The molecule has 3 unspecified atom stereocenters. The number of hydrogen-bond donors (Lipinski definition) is 3. The average molecular weight is 637 g/mol. The lowest BCUT2D eigenvalue weighted by Crippen LogP contribution is -2.32. The second kappa shape index (κ2) is 11.1. The third-order valence-corrected chi connectivity index (χ3v) is 10.5. The minimum absolute atomic E-state index is 0.0738. The first-order chi connectivity index (χ1) is 20.5. The molecular formula is C29H24N4O7S3. The normalized spacial score (nSPS) is 19.6. The highest BCUT2D eigenvalue weighted by Crippen LogP contribution is 2.53. The Morgan fingerprint density at radius 1 is 0.977 bits per heavy atom. The van der Waals surface area contributed by atoms with Crippen LogP contribution in [0.15, 0.2) is 87.5 Å². The zero-order valence-electron chi connectivity index (χ0n) is 22.5. The fourth-order valence-electron chi connectivity index (χ4n) is 5.17. The molecule has 3 amide bonds. The molecule has 14 heteroatoms. The number of thiazole rings is 1. The molecule has 0 aliphatic carbocycles. The van der Waals surface area contributed by atoms with Crippen LogP contribution in [0.5, 0.6) is 5.75 Å². The van der Waals surface area contributed by atoms with Gasteiger partial charge in [-0.25, -0.2) is 18.5 Å². The summed E-state index contributed by atoms with van der Waals surface area (Å²) in [7, 11) is -3.84. The first-order valence-corrected chi connectivity index (χ1v) is 16.2. The van der Waals surface area contributed by atoms with E-state index in [0.29, 0.717) is 27.0 Å². The standard InChI is InChI=1S/C29H24N4O7S3/c1-15-2-8-18(9-3-15)33-27(35)23-22(24-26(32-29(37)42-24)41-25(23)28(33)36)16-4-10-19(11-5-16)40-14-21(34)31-17-6-12-20(13-7-17)43(30,38)39/h2-13,22-23,25H,14H2,1H3,(H,31,34)(H,32,37)(H2,30,38,39). The van der Waals surface area contributed by atoms with Crippen LogP contribution >= 0.6 is 23.1 Å². The van der Waals surface area contributed by atoms with Gasteiger partial charge in [0.15, 0.2) is 6.61 Å². The molecule has 3 aromatic carbocycles. The number of hydrogen-bond acceptors (Lipinski definition) is 9. The maximum atomic E-state index is 13.8. The minimum atomic E-state index is -3.84. The Morgan fingerprint density at radius 3 is 2.30 bits per heavy atom. The van der Waals surface area contributed by atoms with E-state index in [1.165, 1.54) is 40.9 Å². The van der Waals surface area contributed by atoms with Crippen molar-refractivity contribution in [3.8, 4) is 5.75 Å². The molecule has 43 heavy (non-hydrogen) atoms. The van der Waals surface area contributed by atoms with E-state index in [2.05, 4.69) is 10.3 Å². The molecule has 3 heterocycles. The zero-order valence-corrected chi connectivity index (χ0v) is 24.9. The number of sulfonamides is 1. The van der Waals surface area contributed by atoms with Crippen molar-refractivity contribution in [3.05, 3.63) is 98.5 Å². The number of imide groups is 1. The van der Waals surface area contributed by atoms with E-state index < -0.39 is 33.0 Å². The van der Waals surface area contributed by atoms with E-state index in [4.69, 9.17) is 9.88 Å². The lowest BCUT2D eigenvalue weighted by Gasteiger charge is -2.29. The van der Waals surface area contributed by atoms with Crippen LogP contribution in [-0.4, -0.2) is 43.0 Å². The lowest BCUT2D eigenvalue weighted by molar-refractivity contribution is -0.122. The van der Waals surface area contributed by atoms with Crippen LogP contribution in [0.2, 0.25) is 0 Å². The van der Waals surface area contributed by atoms with Crippen molar-refractivity contribution >= 4 is 62.2 Å². The summed E-state index contributed by atoms with van der Waals surface area (Å²) in [6.07, 6.45) is 0. The number of thioether (sulfide) groups is 1. The summed E-state index contributed by atoms with van der Waals surface area (Å²) in [6.45, 7) is 1.61. The van der Waals surface area contributed by atoms with E-state index in [9.17, 15) is 27.6 Å². The zero-order chi connectivity index (χ0) is 30.5. The summed E-state index contributed by atoms with van der Waals surface area (Å²) in [5.41, 5.74) is 2.61. The average Bonchev–Trinajstić information content (AvgIpc) is 3.46. The fourth-order valence-corrected chi connectivity index (χ4v) is 8.20. The van der Waals surface area contributed by atoms with Gasteiger partial charge in [-0.1, -0.05) is 52.9 Å². The van der Waals surface area contributed by atoms with E-state index in [1.54, 1.807) is 36.4 Å². The monoisotopic (exact) mass is 636 g/mol. The quantitative estimate of drug-likeness (QED) is 0.260. The molecule has 220 valence electrons. The second-order valence-corrected chi connectivity index (χ2v) is 13.8. The van der Waals surface area contributed by atoms with Gasteiger partial charge in [0, 0.05) is 16.5 Å². The molecule has 11 nitrogen and oxygen atoms in total. The first kappa shape index (κ1) is 28.9. The van der Waals surface area contributed by atoms with E-state index >= 15 is 0 Å². The Morgan fingerprint density at radius 2 is 1.65 bits per heavy atom. The number of primary sulfonamides is 1. The van der Waals surface area contributed by atoms with Gasteiger partial charge < -0.3 is 15.0 Å². The highest BCUT2D eigenvalue weighted by molar-refractivity contribution is 8.00. The maximum Gasteiger partial charge on any atom is 0.305 e. The maximum absolute atomic E-state index is 13.8. The Kier molecular flexibility index (Phi) is 7.46. The number of aryl methyl sites for hydroxylation is 1. The smallest absolute Gasteiger partial charge is 0.305 e. The highest BCUT2D eigenvalue weighted by Gasteiger charge is 2.56. The predicted octanol–water partition coefficient (Wildman–Crippen LogP) is 3.21. The van der Waals surface area contributed by atoms with Crippen molar-refractivity contribution in [1.29, 1.82) is 0 Å². The lowest BCUT2D eigenvalue weighted by atomic mass is 9.83. The number of benzene rings is 3. The van der Waals surface area contributed by atoms with Gasteiger partial charge in [0.1, 0.15) is 11.0 Å². The molecule has 0 bridgehead atoms. The molecule has 4 aromatic rings. The Hall–Kier alpha value is -4.24. The van der Waals surface area contributed by atoms with Crippen molar-refractivity contribution in [2.45, 2.75) is 28.0 Å². The van der Waals surface area contributed by atoms with Crippen LogP contribution in [0, 0.1) is 12.8 Å². The second-order valence-electron chi connectivity index (χ2n) is 10.1. The van der Waals surface area contributed by atoms with Gasteiger partial charge in [0.2, 0.25) is 21.8 Å². The Labute approximate surface area is 254 Å². The molecule has 2 aliphatic rings. The number of ether oxygens (including phenoxy) is 1. The SMILES string of the molecule is Cc1ccc(N2C(=O)C3Sc4[nH]c(=O)sc4C(c4ccc(OCC(=O)Nc5ccc(S(N)(=O)=O)cc5)cc4)C3C2=O)cc1. The van der Waals surface area contributed by atoms with Crippen molar-refractivity contribution in [2.75, 3.05) is 16.8 Å². The van der Waals surface area contributed by atoms with Crippen LogP contribution in [0.25, 0.3) is 0 Å². The Bertz CT molecular complexity index is 1900. The topological polar surface area (TPSA) is 169 Å². The molecule has 4 N–H and O–H groups in total. The number of H-pyrrole nitrogens is 1. The summed E-state index contributed by atoms with van der Waals surface area (Å²) >= 11 is 2.24. The predicted molar refractivity (Wildman–Crippen MR) is 162 cm³/mol. The fraction of sp³-hybridized carbons (Fsp3) is 0.172. The van der Waals surface area contributed by atoms with Crippen molar-refractivity contribution in [1.82, 2.24) is 4.98 Å². The van der Waals surface area contributed by atoms with Gasteiger partial charge in [-0.15, -0.1) is 0 Å². The van der Waals surface area contributed by atoms with Crippen molar-refractivity contribution in [3.63, 3.8) is 0 Å². The van der Waals surface area contributed by atoms with Crippen LogP contribution in [0.4, 0.5) is 11.4 Å². The van der Waals surface area contributed by atoms with E-state index in [0.717, 1.165) is 22.5 Å². The van der Waals surface area contributed by atoms with Crippen LogP contribution in [0.1, 0.15) is 21.9 Å². The number of amides is 3. The molecule has 0 saturated carbocycles. The summed E-state index contributed by atoms with van der Waals surface area (Å²) in [4.78, 5) is 56.5. The molecule has 3 atom stereocenters. The summed E-state index contributed by atoms with van der Waals surface area (Å²) < 4.78 is 28.4. The molecule has 6 rings (SSSR count). The summed E-state index contributed by atoms with van der Waals surface area (Å²) in [5.74, 6) is -1.96. The summed E-state index contributed by atoms with van der Waals surface area (Å²) in [6, 6.07) is 19.4. The van der Waals surface area contributed by atoms with Crippen molar-refractivity contribution in [2.24, 2.45) is 11.1 Å².